The Hall–Kier alpha value is -2.57. The van der Waals surface area contributed by atoms with Crippen molar-refractivity contribution in [1.82, 2.24) is 9.78 Å². The average Bonchev–Trinajstić information content (AvgIpc) is 3.12. The zero-order valence-electron chi connectivity index (χ0n) is 15.4. The van der Waals surface area contributed by atoms with E-state index in [2.05, 4.69) is 21.0 Å². The molecule has 0 saturated heterocycles. The first-order valence-electron chi connectivity index (χ1n) is 8.43. The Kier molecular flexibility index (Phi) is 6.54. The monoisotopic (exact) mass is 460 g/mol. The van der Waals surface area contributed by atoms with Gasteiger partial charge in [0.05, 0.1) is 11.6 Å². The molecule has 0 bridgehead atoms. The van der Waals surface area contributed by atoms with Crippen LogP contribution >= 0.6 is 27.5 Å². The molecule has 1 aromatic heterocycles. The lowest BCUT2D eigenvalue weighted by atomic mass is 10.1. The number of allylic oxidation sites excluding steroid dienone is 1. The molecular formula is C21H18BrClN2O3. The number of rotatable bonds is 7. The summed E-state index contributed by atoms with van der Waals surface area (Å²) in [4.78, 5) is 12.2. The maximum atomic E-state index is 12.2. The highest BCUT2D eigenvalue weighted by molar-refractivity contribution is 9.10. The van der Waals surface area contributed by atoms with Gasteiger partial charge in [-0.25, -0.2) is 0 Å². The van der Waals surface area contributed by atoms with E-state index in [4.69, 9.17) is 21.1 Å². The maximum absolute atomic E-state index is 12.2. The summed E-state index contributed by atoms with van der Waals surface area (Å²) < 4.78 is 13.7. The van der Waals surface area contributed by atoms with E-state index < -0.39 is 0 Å². The van der Waals surface area contributed by atoms with E-state index in [0.717, 1.165) is 15.6 Å². The largest absolute Gasteiger partial charge is 0.496 e. The number of hydrogen-bond acceptors (Lipinski definition) is 4. The van der Waals surface area contributed by atoms with Crippen LogP contribution < -0.4 is 9.47 Å². The van der Waals surface area contributed by atoms with Gasteiger partial charge in [-0.3, -0.25) is 9.48 Å². The van der Waals surface area contributed by atoms with Crippen LogP contribution in [0.2, 0.25) is 5.02 Å². The summed E-state index contributed by atoms with van der Waals surface area (Å²) >= 11 is 9.40. The first kappa shape index (κ1) is 20.2. The molecule has 0 N–H and O–H groups in total. The second kappa shape index (κ2) is 9.08. The molecule has 0 aliphatic rings. The highest BCUT2D eigenvalue weighted by Gasteiger charge is 2.08. The van der Waals surface area contributed by atoms with E-state index in [1.807, 2.05) is 18.2 Å². The summed E-state index contributed by atoms with van der Waals surface area (Å²) in [6, 6.07) is 12.7. The third kappa shape index (κ3) is 5.03. The van der Waals surface area contributed by atoms with Crippen molar-refractivity contribution in [3.05, 3.63) is 81.1 Å². The minimum atomic E-state index is -0.153. The summed E-state index contributed by atoms with van der Waals surface area (Å²) in [6.45, 7) is 0.305. The number of halogens is 2. The molecule has 0 spiro atoms. The Bertz CT molecular complexity index is 1030. The second-order valence-electron chi connectivity index (χ2n) is 6.01. The van der Waals surface area contributed by atoms with Crippen LogP contribution in [0.4, 0.5) is 0 Å². The van der Waals surface area contributed by atoms with E-state index in [0.29, 0.717) is 28.8 Å². The second-order valence-corrected chi connectivity index (χ2v) is 7.30. The van der Waals surface area contributed by atoms with Gasteiger partial charge in [0.25, 0.3) is 0 Å². The van der Waals surface area contributed by atoms with Crippen LogP contribution in [0.15, 0.2) is 59.2 Å². The Morgan fingerprint density at radius 3 is 2.68 bits per heavy atom. The van der Waals surface area contributed by atoms with Gasteiger partial charge >= 0.3 is 0 Å². The minimum absolute atomic E-state index is 0.153. The van der Waals surface area contributed by atoms with Crippen LogP contribution in [0.5, 0.6) is 11.5 Å². The van der Waals surface area contributed by atoms with E-state index in [1.54, 1.807) is 55.4 Å². The van der Waals surface area contributed by atoms with Crippen molar-refractivity contribution in [3.63, 3.8) is 0 Å². The van der Waals surface area contributed by atoms with Crippen LogP contribution in [0.25, 0.3) is 6.08 Å². The van der Waals surface area contributed by atoms with Crippen molar-refractivity contribution < 1.29 is 14.3 Å². The number of carbonyl (C=O) groups is 1. The van der Waals surface area contributed by atoms with Gasteiger partial charge in [-0.2, -0.15) is 5.10 Å². The summed E-state index contributed by atoms with van der Waals surface area (Å²) in [5.74, 6) is 1.23. The topological polar surface area (TPSA) is 53.4 Å². The summed E-state index contributed by atoms with van der Waals surface area (Å²) in [6.07, 6.45) is 4.99. The predicted molar refractivity (Wildman–Crippen MR) is 113 cm³/mol. The van der Waals surface area contributed by atoms with E-state index >= 15 is 0 Å². The van der Waals surface area contributed by atoms with Crippen LogP contribution in [0, 0.1) is 0 Å². The van der Waals surface area contributed by atoms with Gasteiger partial charge < -0.3 is 9.47 Å². The Balaban J connectivity index is 1.75. The molecule has 0 amide bonds. The fraction of sp³-hybridized carbons (Fsp3) is 0.143. The molecule has 0 saturated carbocycles. The third-order valence-electron chi connectivity index (χ3n) is 3.97. The van der Waals surface area contributed by atoms with Crippen molar-refractivity contribution in [2.45, 2.75) is 6.61 Å². The standard InChI is InChI=1S/C21H18BrClN2O3/c1-25-10-9-18(24-25)19(26)6-3-14-4-7-20(27-2)15(11-14)13-28-21-8-5-16(23)12-17(21)22/h3-12H,13H2,1-2H3/b6-3+. The molecular weight excluding hydrogens is 444 g/mol. The number of ketones is 1. The van der Waals surface area contributed by atoms with E-state index in [9.17, 15) is 4.79 Å². The predicted octanol–water partition coefficient (Wildman–Crippen LogP) is 5.32. The van der Waals surface area contributed by atoms with Crippen LogP contribution in [-0.4, -0.2) is 22.7 Å². The quantitative estimate of drug-likeness (QED) is 0.353. The lowest BCUT2D eigenvalue weighted by molar-refractivity contribution is 0.104. The third-order valence-corrected chi connectivity index (χ3v) is 4.83. The van der Waals surface area contributed by atoms with Gasteiger partial charge in [0, 0.05) is 23.8 Å². The van der Waals surface area contributed by atoms with Crippen molar-refractivity contribution >= 4 is 39.4 Å². The molecule has 0 radical (unpaired) electrons. The van der Waals surface area contributed by atoms with Gasteiger partial charge in [-0.05, 0) is 64.0 Å². The molecule has 0 aliphatic carbocycles. The van der Waals surface area contributed by atoms with Gasteiger partial charge in [0.1, 0.15) is 23.8 Å². The number of hydrogen-bond donors (Lipinski definition) is 0. The Morgan fingerprint density at radius 1 is 1.21 bits per heavy atom. The molecule has 5 nitrogen and oxygen atoms in total. The Morgan fingerprint density at radius 2 is 2.00 bits per heavy atom. The summed E-state index contributed by atoms with van der Waals surface area (Å²) in [5.41, 5.74) is 2.12. The number of ether oxygens (including phenoxy) is 2. The highest BCUT2D eigenvalue weighted by atomic mass is 79.9. The minimum Gasteiger partial charge on any atom is -0.496 e. The molecule has 1 heterocycles. The first-order chi connectivity index (χ1) is 13.5. The maximum Gasteiger partial charge on any atom is 0.206 e. The van der Waals surface area contributed by atoms with E-state index in [1.165, 1.54) is 6.08 Å². The smallest absolute Gasteiger partial charge is 0.206 e. The fourth-order valence-corrected chi connectivity index (χ4v) is 3.36. The molecule has 0 unspecified atom stereocenters. The molecule has 3 rings (SSSR count). The highest BCUT2D eigenvalue weighted by Crippen LogP contribution is 2.30. The molecule has 3 aromatic rings. The molecule has 7 heteroatoms. The SMILES string of the molecule is COc1ccc(/C=C/C(=O)c2ccn(C)n2)cc1COc1ccc(Cl)cc1Br. The Labute approximate surface area is 176 Å². The number of aromatic nitrogens is 2. The molecule has 144 valence electrons. The molecule has 2 aromatic carbocycles. The summed E-state index contributed by atoms with van der Waals surface area (Å²) in [5, 5.41) is 4.73. The lowest BCUT2D eigenvalue weighted by Crippen LogP contribution is -2.00. The van der Waals surface area contributed by atoms with E-state index in [-0.39, 0.29) is 5.78 Å². The fourth-order valence-electron chi connectivity index (χ4n) is 2.57. The van der Waals surface area contributed by atoms with Gasteiger partial charge in [0.15, 0.2) is 0 Å². The number of benzene rings is 2. The number of nitrogens with zero attached hydrogens (tertiary/aromatic N) is 2. The zero-order chi connectivity index (χ0) is 20.1. The van der Waals surface area contributed by atoms with Crippen LogP contribution in [0.3, 0.4) is 0 Å². The molecule has 0 atom stereocenters. The normalized spacial score (nSPS) is 11.0. The van der Waals surface area contributed by atoms with Crippen molar-refractivity contribution in [3.8, 4) is 11.5 Å². The number of methoxy groups -OCH3 is 1. The summed E-state index contributed by atoms with van der Waals surface area (Å²) in [7, 11) is 3.38. The van der Waals surface area contributed by atoms with Crippen LogP contribution in [-0.2, 0) is 13.7 Å². The first-order valence-corrected chi connectivity index (χ1v) is 9.60. The van der Waals surface area contributed by atoms with Gasteiger partial charge in [-0.1, -0.05) is 23.7 Å². The lowest BCUT2D eigenvalue weighted by Gasteiger charge is -2.12. The van der Waals surface area contributed by atoms with Crippen molar-refractivity contribution in [2.75, 3.05) is 7.11 Å². The number of aryl methyl sites for hydroxylation is 1. The molecule has 0 aliphatic heterocycles. The van der Waals surface area contributed by atoms with Gasteiger partial charge in [0.2, 0.25) is 5.78 Å². The van der Waals surface area contributed by atoms with Gasteiger partial charge in [-0.15, -0.1) is 0 Å². The molecule has 0 fully saturated rings. The van der Waals surface area contributed by atoms with Crippen LogP contribution in [0.1, 0.15) is 21.6 Å². The molecule has 28 heavy (non-hydrogen) atoms. The number of carbonyl (C=O) groups excluding carboxylic acids is 1. The van der Waals surface area contributed by atoms with Crippen molar-refractivity contribution in [2.24, 2.45) is 7.05 Å². The average molecular weight is 462 g/mol. The zero-order valence-corrected chi connectivity index (χ0v) is 17.7. The van der Waals surface area contributed by atoms with Crippen molar-refractivity contribution in [1.29, 1.82) is 0 Å².